The summed E-state index contributed by atoms with van der Waals surface area (Å²) in [7, 11) is 0. The lowest BCUT2D eigenvalue weighted by molar-refractivity contribution is -0.252. The highest BCUT2D eigenvalue weighted by Crippen LogP contribution is 2.77. The number of hydrogen-bond donors (Lipinski definition) is 2. The van der Waals surface area contributed by atoms with Crippen LogP contribution in [0.2, 0.25) is 0 Å². The van der Waals surface area contributed by atoms with Crippen molar-refractivity contribution in [1.29, 1.82) is 0 Å². The molecule has 0 aromatic heterocycles. The Morgan fingerprint density at radius 3 is 2.00 bits per heavy atom. The lowest BCUT2D eigenvalue weighted by atomic mass is 9.32. The first-order valence-corrected chi connectivity index (χ1v) is 17.9. The smallest absolute Gasteiger partial charge is 0.306 e. The van der Waals surface area contributed by atoms with E-state index in [0.29, 0.717) is 36.2 Å². The SMILES string of the molecule is C=C(C)[C@@H]1CC[C@]2(COC(=O)CCC(=O)O)CC[C@]3(C)[C@H](CC[C@@H]4[C@@]5(C)CC[C@H](OC(=O)CCC(=O)O)C(C)(C)[C@H]5CC[C@]43C)[C@H]12. The van der Waals surface area contributed by atoms with E-state index in [9.17, 15) is 19.2 Å². The number of ether oxygens (including phenoxy) is 2. The van der Waals surface area contributed by atoms with Crippen molar-refractivity contribution in [2.24, 2.45) is 56.7 Å². The zero-order chi connectivity index (χ0) is 33.9. The second-order valence-electron chi connectivity index (χ2n) is 17.3. The molecule has 0 heterocycles. The van der Waals surface area contributed by atoms with Crippen molar-refractivity contribution >= 4 is 23.9 Å². The first-order valence-electron chi connectivity index (χ1n) is 17.9. The Morgan fingerprint density at radius 2 is 1.37 bits per heavy atom. The van der Waals surface area contributed by atoms with E-state index >= 15 is 0 Å². The van der Waals surface area contributed by atoms with Gasteiger partial charge in [0.1, 0.15) is 6.10 Å². The molecule has 5 saturated carbocycles. The summed E-state index contributed by atoms with van der Waals surface area (Å²) in [5.74, 6) is -0.505. The maximum atomic E-state index is 12.6. The Bertz CT molecular complexity index is 1250. The third-order valence-corrected chi connectivity index (χ3v) is 15.1. The van der Waals surface area contributed by atoms with Crippen molar-refractivity contribution in [3.8, 4) is 0 Å². The van der Waals surface area contributed by atoms with Crippen LogP contribution in [0.4, 0.5) is 0 Å². The van der Waals surface area contributed by atoms with Crippen molar-refractivity contribution in [1.82, 2.24) is 0 Å². The van der Waals surface area contributed by atoms with Gasteiger partial charge >= 0.3 is 23.9 Å². The number of carboxylic acid groups (broad SMARTS) is 2. The molecule has 0 bridgehead atoms. The van der Waals surface area contributed by atoms with Crippen molar-refractivity contribution < 1.29 is 38.9 Å². The normalized spacial score (nSPS) is 42.4. The maximum absolute atomic E-state index is 12.6. The molecule has 0 amide bonds. The topological polar surface area (TPSA) is 127 Å². The molecule has 0 aromatic carbocycles. The fraction of sp³-hybridized carbons (Fsp3) is 0.842. The molecule has 10 atom stereocenters. The van der Waals surface area contributed by atoms with Crippen LogP contribution < -0.4 is 0 Å². The highest BCUT2D eigenvalue weighted by atomic mass is 16.5. The maximum Gasteiger partial charge on any atom is 0.306 e. The summed E-state index contributed by atoms with van der Waals surface area (Å²) in [4.78, 5) is 47.3. The summed E-state index contributed by atoms with van der Waals surface area (Å²) < 4.78 is 11.9. The molecule has 5 aliphatic rings. The number of hydrogen-bond acceptors (Lipinski definition) is 6. The second kappa shape index (κ2) is 12.3. The van der Waals surface area contributed by atoms with Crippen LogP contribution in [0.3, 0.4) is 0 Å². The van der Waals surface area contributed by atoms with Crippen LogP contribution in [0.25, 0.3) is 0 Å². The minimum atomic E-state index is -0.980. The van der Waals surface area contributed by atoms with Gasteiger partial charge in [0, 0.05) is 10.8 Å². The minimum Gasteiger partial charge on any atom is -0.481 e. The predicted octanol–water partition coefficient (Wildman–Crippen LogP) is 7.83. The van der Waals surface area contributed by atoms with Crippen LogP contribution in [0.15, 0.2) is 12.2 Å². The third-order valence-electron chi connectivity index (χ3n) is 15.1. The van der Waals surface area contributed by atoms with Crippen molar-refractivity contribution in [2.45, 2.75) is 138 Å². The van der Waals surface area contributed by atoms with Gasteiger partial charge in [-0.3, -0.25) is 19.2 Å². The molecule has 0 saturated heterocycles. The summed E-state index contributed by atoms with van der Waals surface area (Å²) in [6.07, 6.45) is 9.79. The van der Waals surface area contributed by atoms with Crippen molar-refractivity contribution in [2.75, 3.05) is 6.61 Å². The molecule has 5 rings (SSSR count). The molecule has 0 unspecified atom stereocenters. The lowest BCUT2D eigenvalue weighted by Gasteiger charge is -2.73. The van der Waals surface area contributed by atoms with E-state index in [1.165, 1.54) is 5.57 Å². The lowest BCUT2D eigenvalue weighted by Crippen LogP contribution is -2.67. The van der Waals surface area contributed by atoms with Crippen molar-refractivity contribution in [3.63, 3.8) is 0 Å². The van der Waals surface area contributed by atoms with Gasteiger partial charge in [0.05, 0.1) is 32.3 Å². The molecule has 0 spiro atoms. The number of allylic oxidation sites excluding steroid dienone is 1. The highest BCUT2D eigenvalue weighted by molar-refractivity contribution is 5.77. The number of esters is 2. The van der Waals surface area contributed by atoms with Gasteiger partial charge in [0.15, 0.2) is 0 Å². The molecule has 8 heteroatoms. The standard InChI is InChI=1S/C38H58O8/c1-23(2)24-14-19-38(22-45-31(43)12-10-29(39)40)21-20-36(6)25(33(24)38)8-9-27-35(5)17-16-28(46-32(44)13-11-30(41)42)34(3,4)26(35)15-18-37(27,36)7/h24-28,33H,1,8-22H2,2-7H3,(H,39,40)(H,41,42)/t24-,25+,26+,27+,28-,33-,35-,36+,37+,38+/m0/s1. The van der Waals surface area contributed by atoms with Gasteiger partial charge < -0.3 is 19.7 Å². The van der Waals surface area contributed by atoms with Gasteiger partial charge in [0.25, 0.3) is 0 Å². The predicted molar refractivity (Wildman–Crippen MR) is 174 cm³/mol. The average molecular weight is 643 g/mol. The van der Waals surface area contributed by atoms with Gasteiger partial charge in [-0.15, -0.1) is 0 Å². The molecule has 5 aliphatic carbocycles. The molecule has 0 aliphatic heterocycles. The van der Waals surface area contributed by atoms with Crippen LogP contribution in [0.5, 0.6) is 0 Å². The number of carbonyl (C=O) groups is 4. The first kappa shape index (κ1) is 34.9. The molecule has 5 fully saturated rings. The molecular weight excluding hydrogens is 584 g/mol. The van der Waals surface area contributed by atoms with E-state index in [1.807, 2.05) is 0 Å². The summed E-state index contributed by atoms with van der Waals surface area (Å²) in [6.45, 7) is 19.2. The van der Waals surface area contributed by atoms with E-state index < -0.39 is 23.9 Å². The van der Waals surface area contributed by atoms with Crippen LogP contribution in [0, 0.1) is 56.7 Å². The van der Waals surface area contributed by atoms with E-state index in [-0.39, 0.29) is 58.9 Å². The zero-order valence-corrected chi connectivity index (χ0v) is 29.1. The Hall–Kier alpha value is -2.38. The summed E-state index contributed by atoms with van der Waals surface area (Å²) in [5, 5.41) is 18.1. The van der Waals surface area contributed by atoms with Gasteiger partial charge in [-0.25, -0.2) is 0 Å². The van der Waals surface area contributed by atoms with Gasteiger partial charge in [-0.2, -0.15) is 0 Å². The van der Waals surface area contributed by atoms with E-state index in [1.54, 1.807) is 0 Å². The second-order valence-corrected chi connectivity index (χ2v) is 17.3. The summed E-state index contributed by atoms with van der Waals surface area (Å²) >= 11 is 0. The van der Waals surface area contributed by atoms with Gasteiger partial charge in [-0.1, -0.05) is 46.8 Å². The van der Waals surface area contributed by atoms with E-state index in [4.69, 9.17) is 19.7 Å². The van der Waals surface area contributed by atoms with Crippen LogP contribution in [-0.2, 0) is 28.7 Å². The summed E-state index contributed by atoms with van der Waals surface area (Å²) in [6, 6.07) is 0. The van der Waals surface area contributed by atoms with Gasteiger partial charge in [0.2, 0.25) is 0 Å². The number of aliphatic carboxylic acids is 2. The number of fused-ring (bicyclic) bond motifs is 7. The number of carboxylic acids is 2. The number of carbonyl (C=O) groups excluding carboxylic acids is 2. The van der Waals surface area contributed by atoms with Crippen molar-refractivity contribution in [3.05, 3.63) is 12.2 Å². The molecule has 8 nitrogen and oxygen atoms in total. The third kappa shape index (κ3) is 5.61. The molecule has 258 valence electrons. The van der Waals surface area contributed by atoms with Crippen LogP contribution in [0.1, 0.15) is 131 Å². The van der Waals surface area contributed by atoms with Gasteiger partial charge in [-0.05, 0) is 117 Å². The Balaban J connectivity index is 1.38. The molecule has 46 heavy (non-hydrogen) atoms. The average Bonchev–Trinajstić information content (AvgIpc) is 3.36. The quantitative estimate of drug-likeness (QED) is 0.182. The molecule has 2 N–H and O–H groups in total. The fourth-order valence-electron chi connectivity index (χ4n) is 12.7. The van der Waals surface area contributed by atoms with E-state index in [0.717, 1.165) is 64.2 Å². The van der Waals surface area contributed by atoms with E-state index in [2.05, 4.69) is 48.1 Å². The monoisotopic (exact) mass is 642 g/mol. The first-order chi connectivity index (χ1) is 21.4. The largest absolute Gasteiger partial charge is 0.481 e. The Labute approximate surface area is 275 Å². The van der Waals surface area contributed by atoms with Crippen LogP contribution in [-0.4, -0.2) is 46.8 Å². The summed E-state index contributed by atoms with van der Waals surface area (Å²) in [5.41, 5.74) is 1.35. The molecule has 0 aromatic rings. The zero-order valence-electron chi connectivity index (χ0n) is 29.1. The highest BCUT2D eigenvalue weighted by Gasteiger charge is 2.71. The molecular formula is C38H58O8. The Morgan fingerprint density at radius 1 is 0.717 bits per heavy atom. The number of rotatable bonds is 10. The van der Waals surface area contributed by atoms with Crippen LogP contribution >= 0.6 is 0 Å². The minimum absolute atomic E-state index is 0.0818. The Kier molecular flexibility index (Phi) is 9.31. The molecule has 0 radical (unpaired) electrons. The fourth-order valence-corrected chi connectivity index (χ4v) is 12.7.